The van der Waals surface area contributed by atoms with Gasteiger partial charge in [-0.1, -0.05) is 0 Å². The summed E-state index contributed by atoms with van der Waals surface area (Å²) in [5.74, 6) is 0.649. The van der Waals surface area contributed by atoms with Gasteiger partial charge >= 0.3 is 0 Å². The summed E-state index contributed by atoms with van der Waals surface area (Å²) in [6.07, 6.45) is 0. The zero-order valence-corrected chi connectivity index (χ0v) is 10.2. The number of ether oxygens (including phenoxy) is 1. The van der Waals surface area contributed by atoms with Crippen LogP contribution in [0.2, 0.25) is 0 Å². The lowest BCUT2D eigenvalue weighted by atomic mass is 10.1. The third kappa shape index (κ3) is 2.51. The maximum atomic E-state index is 8.94. The van der Waals surface area contributed by atoms with E-state index in [0.717, 1.165) is 25.3 Å². The molecular formula is C13H17N3O. The third-order valence-electron chi connectivity index (χ3n) is 3.04. The van der Waals surface area contributed by atoms with Crippen molar-refractivity contribution in [2.24, 2.45) is 0 Å². The van der Waals surface area contributed by atoms with Crippen LogP contribution in [0, 0.1) is 11.3 Å². The predicted octanol–water partition coefficient (Wildman–Crippen LogP) is 1.36. The second-order valence-electron chi connectivity index (χ2n) is 4.30. The maximum Gasteiger partial charge on any atom is 0.138 e. The molecular weight excluding hydrogens is 214 g/mol. The molecule has 1 heterocycles. The Morgan fingerprint density at radius 2 is 2.35 bits per heavy atom. The van der Waals surface area contributed by atoms with E-state index in [2.05, 4.69) is 23.2 Å². The van der Waals surface area contributed by atoms with E-state index in [-0.39, 0.29) is 0 Å². The molecule has 1 unspecified atom stereocenters. The zero-order valence-electron chi connectivity index (χ0n) is 10.2. The van der Waals surface area contributed by atoms with E-state index in [1.54, 1.807) is 7.11 Å². The van der Waals surface area contributed by atoms with E-state index in [1.807, 2.05) is 18.2 Å². The van der Waals surface area contributed by atoms with E-state index in [0.29, 0.717) is 17.4 Å². The Hall–Kier alpha value is -1.73. The van der Waals surface area contributed by atoms with E-state index < -0.39 is 0 Å². The van der Waals surface area contributed by atoms with Crippen LogP contribution in [0.15, 0.2) is 18.2 Å². The van der Waals surface area contributed by atoms with Crippen LogP contribution in [-0.2, 0) is 0 Å². The Morgan fingerprint density at radius 3 is 3.00 bits per heavy atom. The van der Waals surface area contributed by atoms with Crippen LogP contribution >= 0.6 is 0 Å². The largest absolute Gasteiger partial charge is 0.495 e. The average Bonchev–Trinajstić information content (AvgIpc) is 2.38. The van der Waals surface area contributed by atoms with Gasteiger partial charge in [0.15, 0.2) is 0 Å². The number of rotatable bonds is 2. The number of nitriles is 1. The first-order chi connectivity index (χ1) is 8.24. The van der Waals surface area contributed by atoms with Crippen LogP contribution in [0.25, 0.3) is 0 Å². The smallest absolute Gasteiger partial charge is 0.138 e. The van der Waals surface area contributed by atoms with Crippen LogP contribution in [0.1, 0.15) is 12.5 Å². The monoisotopic (exact) mass is 231 g/mol. The van der Waals surface area contributed by atoms with Gasteiger partial charge < -0.3 is 15.0 Å². The number of piperazine rings is 1. The first-order valence-corrected chi connectivity index (χ1v) is 5.81. The van der Waals surface area contributed by atoms with Crippen LogP contribution < -0.4 is 15.0 Å². The summed E-state index contributed by atoms with van der Waals surface area (Å²) in [6.45, 7) is 5.13. The van der Waals surface area contributed by atoms with Crippen molar-refractivity contribution in [2.75, 3.05) is 31.6 Å². The molecule has 4 nitrogen and oxygen atoms in total. The van der Waals surface area contributed by atoms with Gasteiger partial charge in [-0.05, 0) is 19.1 Å². The van der Waals surface area contributed by atoms with Crippen molar-refractivity contribution in [1.82, 2.24) is 5.32 Å². The molecule has 0 saturated carbocycles. The number of benzene rings is 1. The van der Waals surface area contributed by atoms with Gasteiger partial charge in [0.05, 0.1) is 12.7 Å². The first kappa shape index (κ1) is 11.7. The number of methoxy groups -OCH3 is 1. The zero-order chi connectivity index (χ0) is 12.3. The summed E-state index contributed by atoms with van der Waals surface area (Å²) < 4.78 is 5.23. The molecule has 2 rings (SSSR count). The summed E-state index contributed by atoms with van der Waals surface area (Å²) in [7, 11) is 1.60. The van der Waals surface area contributed by atoms with Gasteiger partial charge in [0.2, 0.25) is 0 Å². The van der Waals surface area contributed by atoms with E-state index >= 15 is 0 Å². The summed E-state index contributed by atoms with van der Waals surface area (Å²) in [4.78, 5) is 2.31. The fraction of sp³-hybridized carbons (Fsp3) is 0.462. The number of anilines is 1. The van der Waals surface area contributed by atoms with Crippen molar-refractivity contribution >= 4 is 5.69 Å². The highest BCUT2D eigenvalue weighted by Gasteiger charge is 2.17. The molecule has 1 aliphatic heterocycles. The molecule has 1 aromatic carbocycles. The molecule has 0 amide bonds. The lowest BCUT2D eigenvalue weighted by Gasteiger charge is -2.33. The minimum atomic E-state index is 0.491. The lowest BCUT2D eigenvalue weighted by molar-refractivity contribution is 0.413. The molecule has 1 aliphatic rings. The molecule has 0 radical (unpaired) electrons. The molecule has 4 heteroatoms. The first-order valence-electron chi connectivity index (χ1n) is 5.81. The van der Waals surface area contributed by atoms with Crippen LogP contribution in [0.5, 0.6) is 5.75 Å². The van der Waals surface area contributed by atoms with Crippen molar-refractivity contribution in [1.29, 1.82) is 5.26 Å². The van der Waals surface area contributed by atoms with Crippen molar-refractivity contribution < 1.29 is 4.74 Å². The summed E-state index contributed by atoms with van der Waals surface area (Å²) in [6, 6.07) is 8.37. The highest BCUT2D eigenvalue weighted by molar-refractivity contribution is 5.57. The topological polar surface area (TPSA) is 48.3 Å². The summed E-state index contributed by atoms with van der Waals surface area (Å²) in [5, 5.41) is 12.3. The molecule has 0 aromatic heterocycles. The molecule has 1 saturated heterocycles. The molecule has 1 fully saturated rings. The third-order valence-corrected chi connectivity index (χ3v) is 3.04. The Morgan fingerprint density at radius 1 is 1.53 bits per heavy atom. The Kier molecular flexibility index (Phi) is 3.50. The quantitative estimate of drug-likeness (QED) is 0.835. The van der Waals surface area contributed by atoms with Gasteiger partial charge in [-0.25, -0.2) is 0 Å². The Bertz CT molecular complexity index is 439. The number of hydrogen-bond donors (Lipinski definition) is 1. The van der Waals surface area contributed by atoms with Crippen molar-refractivity contribution in [2.45, 2.75) is 13.0 Å². The van der Waals surface area contributed by atoms with Gasteiger partial charge in [-0.3, -0.25) is 0 Å². The standard InChI is InChI=1S/C13H17N3O/c1-10-9-16(6-5-15-10)12-4-3-11(8-14)13(7-12)17-2/h3-4,7,10,15H,5-6,9H2,1-2H3. The van der Waals surface area contributed by atoms with Gasteiger partial charge in [0.25, 0.3) is 0 Å². The molecule has 0 bridgehead atoms. The summed E-state index contributed by atoms with van der Waals surface area (Å²) >= 11 is 0. The number of nitrogens with one attached hydrogen (secondary N) is 1. The maximum absolute atomic E-state index is 8.94. The van der Waals surface area contributed by atoms with E-state index in [1.165, 1.54) is 0 Å². The van der Waals surface area contributed by atoms with Gasteiger partial charge in [0, 0.05) is 37.4 Å². The average molecular weight is 231 g/mol. The summed E-state index contributed by atoms with van der Waals surface area (Å²) in [5.41, 5.74) is 1.70. The van der Waals surface area contributed by atoms with Crippen LogP contribution in [0.3, 0.4) is 0 Å². The molecule has 0 aliphatic carbocycles. The fourth-order valence-electron chi connectivity index (χ4n) is 2.14. The highest BCUT2D eigenvalue weighted by atomic mass is 16.5. The lowest BCUT2D eigenvalue weighted by Crippen LogP contribution is -2.49. The van der Waals surface area contributed by atoms with Crippen LogP contribution in [0.4, 0.5) is 5.69 Å². The van der Waals surface area contributed by atoms with Gasteiger partial charge in [-0.2, -0.15) is 5.26 Å². The van der Waals surface area contributed by atoms with Crippen molar-refractivity contribution in [3.63, 3.8) is 0 Å². The number of nitrogens with zero attached hydrogens (tertiary/aromatic N) is 2. The number of hydrogen-bond acceptors (Lipinski definition) is 4. The molecule has 1 N–H and O–H groups in total. The Balaban J connectivity index is 2.24. The van der Waals surface area contributed by atoms with Gasteiger partial charge in [-0.15, -0.1) is 0 Å². The molecule has 0 spiro atoms. The molecule has 1 aromatic rings. The fourth-order valence-corrected chi connectivity index (χ4v) is 2.14. The highest BCUT2D eigenvalue weighted by Crippen LogP contribution is 2.25. The van der Waals surface area contributed by atoms with Crippen molar-refractivity contribution in [3.8, 4) is 11.8 Å². The van der Waals surface area contributed by atoms with E-state index in [9.17, 15) is 0 Å². The normalized spacial score (nSPS) is 19.8. The van der Waals surface area contributed by atoms with E-state index in [4.69, 9.17) is 10.00 Å². The second-order valence-corrected chi connectivity index (χ2v) is 4.30. The predicted molar refractivity (Wildman–Crippen MR) is 67.4 cm³/mol. The molecule has 90 valence electrons. The molecule has 17 heavy (non-hydrogen) atoms. The van der Waals surface area contributed by atoms with Gasteiger partial charge in [0.1, 0.15) is 11.8 Å². The van der Waals surface area contributed by atoms with Crippen molar-refractivity contribution in [3.05, 3.63) is 23.8 Å². The molecule has 1 atom stereocenters. The minimum Gasteiger partial charge on any atom is -0.495 e. The van der Waals surface area contributed by atoms with Crippen LogP contribution in [-0.4, -0.2) is 32.8 Å². The minimum absolute atomic E-state index is 0.491. The second kappa shape index (κ2) is 5.07. The Labute approximate surface area is 102 Å². The SMILES string of the molecule is COc1cc(N2CCNC(C)C2)ccc1C#N.